The molecule has 2 atom stereocenters. The molecule has 1 heterocycles. The molecule has 1 aliphatic heterocycles. The van der Waals surface area contributed by atoms with Crippen LogP contribution in [0, 0.1) is 0 Å². The molecule has 0 bridgehead atoms. The third kappa shape index (κ3) is 2.04. The van der Waals surface area contributed by atoms with Gasteiger partial charge in [0.25, 0.3) is 0 Å². The Balaban J connectivity index is 2.13. The molecule has 2 unspecified atom stereocenters. The highest BCUT2D eigenvalue weighted by Gasteiger charge is 2.27. The highest BCUT2D eigenvalue weighted by atomic mass is 35.5. The minimum absolute atomic E-state index is 0.0297. The Bertz CT molecular complexity index is 317. The smallest absolute Gasteiger partial charge is 0.185 e. The Morgan fingerprint density at radius 1 is 1.36 bits per heavy atom. The first-order valence-electron chi connectivity index (χ1n) is 4.38. The predicted octanol–water partition coefficient (Wildman–Crippen LogP) is 2.99. The first kappa shape index (κ1) is 10.2. The van der Waals surface area contributed by atoms with Gasteiger partial charge in [0.2, 0.25) is 0 Å². The van der Waals surface area contributed by atoms with Gasteiger partial charge in [-0.2, -0.15) is 0 Å². The van der Waals surface area contributed by atoms with E-state index in [1.165, 1.54) is 0 Å². The summed E-state index contributed by atoms with van der Waals surface area (Å²) < 4.78 is 11.0. The number of benzene rings is 1. The number of halogens is 2. The largest absolute Gasteiger partial charge is 0.346 e. The zero-order valence-corrected chi connectivity index (χ0v) is 8.96. The van der Waals surface area contributed by atoms with E-state index in [0.717, 1.165) is 5.56 Å². The topological polar surface area (TPSA) is 18.5 Å². The van der Waals surface area contributed by atoms with Crippen molar-refractivity contribution in [3.05, 3.63) is 34.9 Å². The summed E-state index contributed by atoms with van der Waals surface area (Å²) in [4.78, 5) is 0. The molecular formula is C10H10Cl2O2. The van der Waals surface area contributed by atoms with Crippen LogP contribution in [0.5, 0.6) is 0 Å². The molecule has 0 aromatic heterocycles. The monoisotopic (exact) mass is 232 g/mol. The van der Waals surface area contributed by atoms with Crippen LogP contribution in [0.1, 0.15) is 11.9 Å². The standard InChI is InChI=1S/C10H10Cl2O2/c11-5-7-6-13-10(14-7)8-3-1-2-4-9(8)12/h1-4,7,10H,5-6H2. The van der Waals surface area contributed by atoms with Crippen LogP contribution in [-0.2, 0) is 9.47 Å². The van der Waals surface area contributed by atoms with Gasteiger partial charge in [-0.05, 0) is 6.07 Å². The summed E-state index contributed by atoms with van der Waals surface area (Å²) in [5.41, 5.74) is 0.863. The Morgan fingerprint density at radius 2 is 2.14 bits per heavy atom. The molecule has 1 aromatic carbocycles. The number of ether oxygens (including phenoxy) is 2. The van der Waals surface area contributed by atoms with Crippen molar-refractivity contribution in [2.45, 2.75) is 12.4 Å². The third-order valence-corrected chi connectivity index (χ3v) is 2.77. The average molecular weight is 233 g/mol. The molecule has 0 aliphatic carbocycles. The van der Waals surface area contributed by atoms with E-state index in [2.05, 4.69) is 0 Å². The van der Waals surface area contributed by atoms with Gasteiger partial charge in [-0.1, -0.05) is 29.8 Å². The van der Waals surface area contributed by atoms with Gasteiger partial charge in [-0.3, -0.25) is 0 Å². The van der Waals surface area contributed by atoms with Gasteiger partial charge in [0.1, 0.15) is 0 Å². The lowest BCUT2D eigenvalue weighted by Crippen LogP contribution is -2.10. The molecule has 4 heteroatoms. The van der Waals surface area contributed by atoms with Gasteiger partial charge in [0, 0.05) is 10.6 Å². The third-order valence-electron chi connectivity index (χ3n) is 2.08. The molecule has 76 valence electrons. The number of hydrogen-bond donors (Lipinski definition) is 0. The molecular weight excluding hydrogens is 223 g/mol. The highest BCUT2D eigenvalue weighted by Crippen LogP contribution is 2.31. The predicted molar refractivity (Wildman–Crippen MR) is 55.7 cm³/mol. The second-order valence-electron chi connectivity index (χ2n) is 3.10. The Hall–Kier alpha value is -0.280. The lowest BCUT2D eigenvalue weighted by Gasteiger charge is -2.11. The van der Waals surface area contributed by atoms with Crippen molar-refractivity contribution in [1.82, 2.24) is 0 Å². The van der Waals surface area contributed by atoms with Gasteiger partial charge < -0.3 is 9.47 Å². The molecule has 14 heavy (non-hydrogen) atoms. The van der Waals surface area contributed by atoms with Crippen LogP contribution in [0.3, 0.4) is 0 Å². The van der Waals surface area contributed by atoms with Crippen molar-refractivity contribution in [2.75, 3.05) is 12.5 Å². The zero-order chi connectivity index (χ0) is 9.97. The highest BCUT2D eigenvalue weighted by molar-refractivity contribution is 6.31. The van der Waals surface area contributed by atoms with Crippen molar-refractivity contribution in [3.8, 4) is 0 Å². The first-order chi connectivity index (χ1) is 6.81. The van der Waals surface area contributed by atoms with Crippen LogP contribution < -0.4 is 0 Å². The second kappa shape index (κ2) is 4.49. The quantitative estimate of drug-likeness (QED) is 0.731. The normalized spacial score (nSPS) is 26.7. The summed E-state index contributed by atoms with van der Waals surface area (Å²) in [6.45, 7) is 0.527. The van der Waals surface area contributed by atoms with E-state index in [9.17, 15) is 0 Å². The van der Waals surface area contributed by atoms with Gasteiger partial charge >= 0.3 is 0 Å². The van der Waals surface area contributed by atoms with Crippen LogP contribution in [-0.4, -0.2) is 18.6 Å². The maximum absolute atomic E-state index is 6.00. The molecule has 1 saturated heterocycles. The molecule has 0 saturated carbocycles. The van der Waals surface area contributed by atoms with Crippen LogP contribution in [0.2, 0.25) is 5.02 Å². The summed E-state index contributed by atoms with van der Waals surface area (Å²) in [7, 11) is 0. The van der Waals surface area contributed by atoms with Crippen LogP contribution in [0.4, 0.5) is 0 Å². The van der Waals surface area contributed by atoms with Crippen molar-refractivity contribution >= 4 is 23.2 Å². The molecule has 0 N–H and O–H groups in total. The SMILES string of the molecule is ClCC1COC(c2ccccc2Cl)O1. The van der Waals surface area contributed by atoms with E-state index in [0.29, 0.717) is 17.5 Å². The average Bonchev–Trinajstić information content (AvgIpc) is 2.67. The minimum Gasteiger partial charge on any atom is -0.346 e. The summed E-state index contributed by atoms with van der Waals surface area (Å²) in [5.74, 6) is 0.445. The van der Waals surface area contributed by atoms with Crippen LogP contribution in [0.25, 0.3) is 0 Å². The maximum atomic E-state index is 6.00. The van der Waals surface area contributed by atoms with E-state index < -0.39 is 0 Å². The van der Waals surface area contributed by atoms with Crippen molar-refractivity contribution < 1.29 is 9.47 Å². The lowest BCUT2D eigenvalue weighted by molar-refractivity contribution is -0.0566. The van der Waals surface area contributed by atoms with Crippen molar-refractivity contribution in [1.29, 1.82) is 0 Å². The molecule has 2 rings (SSSR count). The molecule has 1 aromatic rings. The molecule has 2 nitrogen and oxygen atoms in total. The fraction of sp³-hybridized carbons (Fsp3) is 0.400. The van der Waals surface area contributed by atoms with Gasteiger partial charge in [-0.25, -0.2) is 0 Å². The van der Waals surface area contributed by atoms with E-state index in [4.69, 9.17) is 32.7 Å². The van der Waals surface area contributed by atoms with Gasteiger partial charge in [0.15, 0.2) is 6.29 Å². The maximum Gasteiger partial charge on any atom is 0.185 e. The lowest BCUT2D eigenvalue weighted by atomic mass is 10.2. The van der Waals surface area contributed by atoms with E-state index in [1.54, 1.807) is 0 Å². The fourth-order valence-electron chi connectivity index (χ4n) is 1.36. The van der Waals surface area contributed by atoms with Crippen molar-refractivity contribution in [2.24, 2.45) is 0 Å². The Morgan fingerprint density at radius 3 is 2.79 bits per heavy atom. The first-order valence-corrected chi connectivity index (χ1v) is 5.30. The Kier molecular flexibility index (Phi) is 3.29. The van der Waals surface area contributed by atoms with E-state index in [1.807, 2.05) is 24.3 Å². The minimum atomic E-state index is -0.368. The van der Waals surface area contributed by atoms with Gasteiger partial charge in [-0.15, -0.1) is 11.6 Å². The zero-order valence-electron chi connectivity index (χ0n) is 7.45. The fourth-order valence-corrected chi connectivity index (χ4v) is 1.74. The van der Waals surface area contributed by atoms with Crippen LogP contribution in [0.15, 0.2) is 24.3 Å². The number of rotatable bonds is 2. The molecule has 0 radical (unpaired) electrons. The molecule has 0 amide bonds. The summed E-state index contributed by atoms with van der Waals surface area (Å²) >= 11 is 11.7. The van der Waals surface area contributed by atoms with E-state index >= 15 is 0 Å². The van der Waals surface area contributed by atoms with Crippen molar-refractivity contribution in [3.63, 3.8) is 0 Å². The van der Waals surface area contributed by atoms with E-state index in [-0.39, 0.29) is 12.4 Å². The number of alkyl halides is 1. The van der Waals surface area contributed by atoms with Crippen LogP contribution >= 0.6 is 23.2 Å². The molecule has 1 fully saturated rings. The molecule has 0 spiro atoms. The summed E-state index contributed by atoms with van der Waals surface area (Å²) in [6, 6.07) is 7.49. The second-order valence-corrected chi connectivity index (χ2v) is 3.81. The summed E-state index contributed by atoms with van der Waals surface area (Å²) in [6.07, 6.45) is -0.398. The molecule has 1 aliphatic rings. The summed E-state index contributed by atoms with van der Waals surface area (Å²) in [5, 5.41) is 0.660. The van der Waals surface area contributed by atoms with Gasteiger partial charge in [0.05, 0.1) is 18.6 Å². The Labute approximate surface area is 92.7 Å². The number of hydrogen-bond acceptors (Lipinski definition) is 2.